The third-order valence-electron chi connectivity index (χ3n) is 7.29. The van der Waals surface area contributed by atoms with Gasteiger partial charge in [0.15, 0.2) is 0 Å². The quantitative estimate of drug-likeness (QED) is 0.898. The molecule has 0 aromatic carbocycles. The number of nitrogens with two attached hydrogens (primary N) is 1. The first-order valence-electron chi connectivity index (χ1n) is 10.5. The van der Waals surface area contributed by atoms with E-state index in [9.17, 15) is 4.79 Å². The van der Waals surface area contributed by atoms with Gasteiger partial charge in [0.05, 0.1) is 5.41 Å². The molecule has 142 valence electrons. The van der Waals surface area contributed by atoms with Gasteiger partial charge in [0.25, 0.3) is 0 Å². The van der Waals surface area contributed by atoms with Crippen molar-refractivity contribution in [1.82, 2.24) is 9.88 Å². The molecular formula is C22H33N3O. The van der Waals surface area contributed by atoms with Crippen LogP contribution in [0.2, 0.25) is 0 Å². The molecule has 0 radical (unpaired) electrons. The zero-order valence-corrected chi connectivity index (χ0v) is 16.3. The van der Waals surface area contributed by atoms with Crippen LogP contribution in [0.3, 0.4) is 0 Å². The summed E-state index contributed by atoms with van der Waals surface area (Å²) in [6.45, 7) is 5.90. The molecule has 1 aromatic rings. The zero-order valence-electron chi connectivity index (χ0n) is 16.3. The number of pyridine rings is 1. The van der Waals surface area contributed by atoms with E-state index < -0.39 is 0 Å². The second kappa shape index (κ2) is 6.95. The Balaban J connectivity index is 1.55. The monoisotopic (exact) mass is 355 g/mol. The molecule has 2 atom stereocenters. The first kappa shape index (κ1) is 18.0. The van der Waals surface area contributed by atoms with E-state index in [-0.39, 0.29) is 11.5 Å². The predicted octanol–water partition coefficient (Wildman–Crippen LogP) is 3.78. The Bertz CT molecular complexity index is 680. The molecule has 0 bridgehead atoms. The molecular weight excluding hydrogens is 322 g/mol. The molecule has 1 aliphatic heterocycles. The fourth-order valence-corrected chi connectivity index (χ4v) is 5.50. The number of carbonyl (C=O) groups is 1. The number of carbonyl (C=O) groups excluding carboxylic acids is 1. The number of nitrogens with zero attached hydrogens (tertiary/aromatic N) is 2. The summed E-state index contributed by atoms with van der Waals surface area (Å²) in [4.78, 5) is 20.4. The van der Waals surface area contributed by atoms with Gasteiger partial charge in [-0.25, -0.2) is 0 Å². The van der Waals surface area contributed by atoms with Crippen LogP contribution in [0.1, 0.15) is 81.5 Å². The van der Waals surface area contributed by atoms with Crippen molar-refractivity contribution in [3.8, 4) is 0 Å². The molecule has 1 aromatic heterocycles. The van der Waals surface area contributed by atoms with Crippen molar-refractivity contribution in [1.29, 1.82) is 0 Å². The van der Waals surface area contributed by atoms with Gasteiger partial charge in [-0.2, -0.15) is 0 Å². The maximum absolute atomic E-state index is 13.5. The molecule has 2 fully saturated rings. The lowest BCUT2D eigenvalue weighted by atomic mass is 9.74. The Labute approximate surface area is 157 Å². The smallest absolute Gasteiger partial charge is 0.229 e. The van der Waals surface area contributed by atoms with Gasteiger partial charge in [-0.1, -0.05) is 32.8 Å². The molecule has 2 heterocycles. The molecule has 2 aliphatic carbocycles. The van der Waals surface area contributed by atoms with E-state index in [1.165, 1.54) is 42.5 Å². The Kier molecular flexibility index (Phi) is 4.81. The third kappa shape index (κ3) is 3.06. The molecule has 0 spiro atoms. The topological polar surface area (TPSA) is 59.2 Å². The van der Waals surface area contributed by atoms with E-state index in [4.69, 9.17) is 10.7 Å². The van der Waals surface area contributed by atoms with Crippen LogP contribution in [0.5, 0.6) is 0 Å². The second-order valence-corrected chi connectivity index (χ2v) is 9.15. The van der Waals surface area contributed by atoms with Crippen molar-refractivity contribution in [2.75, 3.05) is 6.54 Å². The summed E-state index contributed by atoms with van der Waals surface area (Å²) in [5, 5.41) is 0. The molecule has 26 heavy (non-hydrogen) atoms. The maximum Gasteiger partial charge on any atom is 0.229 e. The number of fused-ring (bicyclic) bond motifs is 1. The van der Waals surface area contributed by atoms with Crippen LogP contribution in [0.15, 0.2) is 12.3 Å². The fraction of sp³-hybridized carbons (Fsp3) is 0.727. The minimum atomic E-state index is -0.257. The van der Waals surface area contributed by atoms with E-state index in [0.717, 1.165) is 38.8 Å². The van der Waals surface area contributed by atoms with Crippen LogP contribution in [-0.4, -0.2) is 28.4 Å². The van der Waals surface area contributed by atoms with Crippen molar-refractivity contribution < 1.29 is 4.79 Å². The molecule has 4 nitrogen and oxygen atoms in total. The van der Waals surface area contributed by atoms with Gasteiger partial charge in [0.1, 0.15) is 0 Å². The van der Waals surface area contributed by atoms with Gasteiger partial charge < -0.3 is 10.6 Å². The van der Waals surface area contributed by atoms with Crippen LogP contribution in [-0.2, 0) is 17.8 Å². The van der Waals surface area contributed by atoms with Crippen LogP contribution in [0.4, 0.5) is 0 Å². The molecule has 0 unspecified atom stereocenters. The fourth-order valence-electron chi connectivity index (χ4n) is 5.50. The van der Waals surface area contributed by atoms with Crippen molar-refractivity contribution in [3.63, 3.8) is 0 Å². The SMILES string of the molecule is CC(C)[C@]1(C(=O)N2CCc3ncc(C4CCCC4)cc3C2)CC[C@@H](N)C1. The van der Waals surface area contributed by atoms with E-state index in [1.807, 2.05) is 0 Å². The first-order chi connectivity index (χ1) is 12.5. The zero-order chi connectivity index (χ0) is 18.3. The summed E-state index contributed by atoms with van der Waals surface area (Å²) >= 11 is 0. The van der Waals surface area contributed by atoms with E-state index in [0.29, 0.717) is 17.7 Å². The Morgan fingerprint density at radius 2 is 2.08 bits per heavy atom. The molecule has 2 saturated carbocycles. The highest BCUT2D eigenvalue weighted by Gasteiger charge is 2.48. The van der Waals surface area contributed by atoms with Gasteiger partial charge >= 0.3 is 0 Å². The molecule has 1 amide bonds. The summed E-state index contributed by atoms with van der Waals surface area (Å²) in [6, 6.07) is 2.52. The predicted molar refractivity (Wildman–Crippen MR) is 104 cm³/mol. The van der Waals surface area contributed by atoms with E-state index >= 15 is 0 Å². The van der Waals surface area contributed by atoms with Crippen LogP contribution >= 0.6 is 0 Å². The Hall–Kier alpha value is -1.42. The van der Waals surface area contributed by atoms with Crippen molar-refractivity contribution >= 4 is 5.91 Å². The third-order valence-corrected chi connectivity index (χ3v) is 7.29. The minimum Gasteiger partial charge on any atom is -0.337 e. The summed E-state index contributed by atoms with van der Waals surface area (Å²) < 4.78 is 0. The summed E-state index contributed by atoms with van der Waals surface area (Å²) in [5.74, 6) is 1.35. The minimum absolute atomic E-state index is 0.175. The highest BCUT2D eigenvalue weighted by atomic mass is 16.2. The number of hydrogen-bond donors (Lipinski definition) is 1. The summed E-state index contributed by atoms with van der Waals surface area (Å²) in [6.07, 6.45) is 11.0. The lowest BCUT2D eigenvalue weighted by molar-refractivity contribution is -0.145. The largest absolute Gasteiger partial charge is 0.337 e. The molecule has 2 N–H and O–H groups in total. The lowest BCUT2D eigenvalue weighted by Crippen LogP contribution is -2.48. The average Bonchev–Trinajstić information content (AvgIpc) is 3.30. The summed E-state index contributed by atoms with van der Waals surface area (Å²) in [7, 11) is 0. The highest BCUT2D eigenvalue weighted by Crippen LogP contribution is 2.46. The van der Waals surface area contributed by atoms with Gasteiger partial charge in [-0.15, -0.1) is 0 Å². The van der Waals surface area contributed by atoms with Crippen LogP contribution in [0, 0.1) is 11.3 Å². The first-order valence-corrected chi connectivity index (χ1v) is 10.5. The summed E-state index contributed by atoms with van der Waals surface area (Å²) in [5.41, 5.74) is 9.80. The van der Waals surface area contributed by atoms with Gasteiger partial charge in [-0.3, -0.25) is 9.78 Å². The average molecular weight is 356 g/mol. The number of aromatic nitrogens is 1. The van der Waals surface area contributed by atoms with Crippen molar-refractivity contribution in [3.05, 3.63) is 29.1 Å². The lowest BCUT2D eigenvalue weighted by Gasteiger charge is -2.39. The van der Waals surface area contributed by atoms with E-state index in [2.05, 4.69) is 31.0 Å². The van der Waals surface area contributed by atoms with Crippen LogP contribution in [0.25, 0.3) is 0 Å². The van der Waals surface area contributed by atoms with Gasteiger partial charge in [0.2, 0.25) is 5.91 Å². The van der Waals surface area contributed by atoms with E-state index in [1.54, 1.807) is 0 Å². The maximum atomic E-state index is 13.5. The number of amides is 1. The second-order valence-electron chi connectivity index (χ2n) is 9.15. The van der Waals surface area contributed by atoms with Crippen LogP contribution < -0.4 is 5.73 Å². The van der Waals surface area contributed by atoms with Crippen molar-refractivity contribution in [2.45, 2.75) is 83.7 Å². The number of hydrogen-bond acceptors (Lipinski definition) is 3. The Morgan fingerprint density at radius 1 is 1.31 bits per heavy atom. The van der Waals surface area contributed by atoms with Gasteiger partial charge in [0, 0.05) is 37.4 Å². The molecule has 3 aliphatic rings. The molecule has 4 rings (SSSR count). The standard InChI is InChI=1S/C22H33N3O/c1-15(2)22(9-7-19(23)12-22)21(26)25-10-8-20-18(14-25)11-17(13-24-20)16-5-3-4-6-16/h11,13,15-16,19H,3-10,12,14,23H2,1-2H3/t19-,22+/m1/s1. The highest BCUT2D eigenvalue weighted by molar-refractivity contribution is 5.83. The molecule has 4 heteroatoms. The number of rotatable bonds is 3. The van der Waals surface area contributed by atoms with Crippen molar-refractivity contribution in [2.24, 2.45) is 17.1 Å². The Morgan fingerprint density at radius 3 is 2.73 bits per heavy atom. The molecule has 0 saturated heterocycles. The van der Waals surface area contributed by atoms with Gasteiger partial charge in [-0.05, 0) is 55.1 Å². The normalized spacial score (nSPS) is 29.4.